The summed E-state index contributed by atoms with van der Waals surface area (Å²) < 4.78 is 10.5. The molecular weight excluding hydrogens is 346 g/mol. The van der Waals surface area contributed by atoms with E-state index in [0.717, 1.165) is 43.7 Å². The van der Waals surface area contributed by atoms with Crippen molar-refractivity contribution in [3.05, 3.63) is 23.8 Å². The smallest absolute Gasteiger partial charge is 0.319 e. The molecule has 2 rings (SSSR count). The van der Waals surface area contributed by atoms with Crippen molar-refractivity contribution >= 4 is 11.9 Å². The van der Waals surface area contributed by atoms with Gasteiger partial charge in [-0.05, 0) is 37.3 Å². The molecule has 1 aliphatic rings. The van der Waals surface area contributed by atoms with Crippen LogP contribution in [0.3, 0.4) is 0 Å². The average molecular weight is 377 g/mol. The average Bonchev–Trinajstić information content (AvgIpc) is 2.70. The third-order valence-electron chi connectivity index (χ3n) is 4.92. The van der Waals surface area contributed by atoms with Crippen molar-refractivity contribution in [1.29, 1.82) is 0 Å². The SMILES string of the molecule is COc1ccc(CNC(=O)CC[C@H]2CCCN(C(=O)N(C)C)C2)c(OC)c1. The van der Waals surface area contributed by atoms with E-state index in [-0.39, 0.29) is 11.9 Å². The first kappa shape index (κ1) is 20.9. The van der Waals surface area contributed by atoms with Gasteiger partial charge < -0.3 is 24.6 Å². The normalized spacial score (nSPS) is 16.6. The highest BCUT2D eigenvalue weighted by molar-refractivity contribution is 5.76. The molecule has 0 bridgehead atoms. The molecule has 0 spiro atoms. The summed E-state index contributed by atoms with van der Waals surface area (Å²) in [6.07, 6.45) is 3.32. The van der Waals surface area contributed by atoms with E-state index in [9.17, 15) is 9.59 Å². The van der Waals surface area contributed by atoms with Crippen LogP contribution in [0.5, 0.6) is 11.5 Å². The van der Waals surface area contributed by atoms with Gasteiger partial charge in [-0.2, -0.15) is 0 Å². The summed E-state index contributed by atoms with van der Waals surface area (Å²) in [5, 5.41) is 2.95. The number of urea groups is 1. The predicted octanol–water partition coefficient (Wildman–Crippen LogP) is 2.49. The van der Waals surface area contributed by atoms with Gasteiger partial charge in [-0.25, -0.2) is 4.79 Å². The van der Waals surface area contributed by atoms with Crippen molar-refractivity contribution in [2.24, 2.45) is 5.92 Å². The molecule has 7 heteroatoms. The number of carbonyl (C=O) groups excluding carboxylic acids is 2. The number of ether oxygens (including phenoxy) is 2. The Morgan fingerprint density at radius 1 is 1.26 bits per heavy atom. The van der Waals surface area contributed by atoms with Gasteiger partial charge >= 0.3 is 6.03 Å². The highest BCUT2D eigenvalue weighted by Gasteiger charge is 2.24. The summed E-state index contributed by atoms with van der Waals surface area (Å²) in [7, 11) is 6.75. The van der Waals surface area contributed by atoms with Gasteiger partial charge in [-0.3, -0.25) is 4.79 Å². The fraction of sp³-hybridized carbons (Fsp3) is 0.600. The first-order chi connectivity index (χ1) is 12.9. The third-order valence-corrected chi connectivity index (χ3v) is 4.92. The summed E-state index contributed by atoms with van der Waals surface area (Å²) in [6.45, 7) is 1.95. The highest BCUT2D eigenvalue weighted by atomic mass is 16.5. The molecule has 1 aliphatic heterocycles. The molecule has 1 fully saturated rings. The van der Waals surface area contributed by atoms with Crippen LogP contribution in [0.1, 0.15) is 31.2 Å². The molecule has 0 unspecified atom stereocenters. The van der Waals surface area contributed by atoms with Gasteiger partial charge in [0.1, 0.15) is 11.5 Å². The van der Waals surface area contributed by atoms with E-state index in [1.165, 1.54) is 0 Å². The molecule has 1 aromatic rings. The minimum Gasteiger partial charge on any atom is -0.497 e. The van der Waals surface area contributed by atoms with Crippen molar-refractivity contribution in [2.75, 3.05) is 41.4 Å². The Kier molecular flexibility index (Phi) is 7.76. The summed E-state index contributed by atoms with van der Waals surface area (Å²) in [5.74, 6) is 1.81. The van der Waals surface area contributed by atoms with E-state index >= 15 is 0 Å². The van der Waals surface area contributed by atoms with Gasteiger partial charge in [0, 0.05) is 51.8 Å². The standard InChI is InChI=1S/C20H31N3O4/c1-22(2)20(25)23-11-5-6-15(14-23)7-10-19(24)21-13-16-8-9-17(26-3)12-18(16)27-4/h8-9,12,15H,5-7,10-11,13-14H2,1-4H3,(H,21,24)/t15-/m1/s1. The van der Waals surface area contributed by atoms with Crippen LogP contribution >= 0.6 is 0 Å². The third kappa shape index (κ3) is 6.05. The van der Waals surface area contributed by atoms with E-state index < -0.39 is 0 Å². The van der Waals surface area contributed by atoms with E-state index in [4.69, 9.17) is 9.47 Å². The largest absolute Gasteiger partial charge is 0.497 e. The van der Waals surface area contributed by atoms with Gasteiger partial charge in [0.2, 0.25) is 5.91 Å². The summed E-state index contributed by atoms with van der Waals surface area (Å²) in [5.41, 5.74) is 0.909. The van der Waals surface area contributed by atoms with Crippen LogP contribution in [0, 0.1) is 5.92 Å². The van der Waals surface area contributed by atoms with Crippen LogP contribution in [0.15, 0.2) is 18.2 Å². The van der Waals surface area contributed by atoms with Gasteiger partial charge in [0.05, 0.1) is 14.2 Å². The maximum absolute atomic E-state index is 12.2. The fourth-order valence-corrected chi connectivity index (χ4v) is 3.37. The van der Waals surface area contributed by atoms with Crippen LogP contribution in [0.2, 0.25) is 0 Å². The second-order valence-corrected chi connectivity index (χ2v) is 7.12. The Bertz CT molecular complexity index is 648. The second-order valence-electron chi connectivity index (χ2n) is 7.12. The number of amides is 3. The van der Waals surface area contributed by atoms with Crippen molar-refractivity contribution in [1.82, 2.24) is 15.1 Å². The van der Waals surface area contributed by atoms with Crippen LogP contribution in [-0.4, -0.2) is 63.1 Å². The number of hydrogen-bond acceptors (Lipinski definition) is 4. The van der Waals surface area contributed by atoms with Crippen LogP contribution in [0.4, 0.5) is 4.79 Å². The summed E-state index contributed by atoms with van der Waals surface area (Å²) >= 11 is 0. The first-order valence-corrected chi connectivity index (χ1v) is 9.38. The number of nitrogens with one attached hydrogen (secondary N) is 1. The van der Waals surface area contributed by atoms with Crippen molar-refractivity contribution < 1.29 is 19.1 Å². The fourth-order valence-electron chi connectivity index (χ4n) is 3.37. The van der Waals surface area contributed by atoms with Gasteiger partial charge in [-0.1, -0.05) is 0 Å². The molecule has 0 saturated carbocycles. The van der Waals surface area contributed by atoms with Crippen molar-refractivity contribution in [3.8, 4) is 11.5 Å². The summed E-state index contributed by atoms with van der Waals surface area (Å²) in [4.78, 5) is 27.8. The molecule has 1 aromatic carbocycles. The van der Waals surface area contributed by atoms with Crippen LogP contribution in [0.25, 0.3) is 0 Å². The molecular formula is C20H31N3O4. The van der Waals surface area contributed by atoms with Gasteiger partial charge in [0.15, 0.2) is 0 Å². The monoisotopic (exact) mass is 377 g/mol. The molecule has 27 heavy (non-hydrogen) atoms. The first-order valence-electron chi connectivity index (χ1n) is 9.38. The Hall–Kier alpha value is -2.44. The predicted molar refractivity (Wildman–Crippen MR) is 104 cm³/mol. The molecule has 150 valence electrons. The lowest BCUT2D eigenvalue weighted by atomic mass is 9.93. The van der Waals surface area contributed by atoms with E-state index in [1.54, 1.807) is 39.3 Å². The number of methoxy groups -OCH3 is 2. The number of piperidine rings is 1. The van der Waals surface area contributed by atoms with Crippen molar-refractivity contribution in [3.63, 3.8) is 0 Å². The Balaban J connectivity index is 1.79. The van der Waals surface area contributed by atoms with E-state index in [0.29, 0.717) is 24.6 Å². The highest BCUT2D eigenvalue weighted by Crippen LogP contribution is 2.25. The van der Waals surface area contributed by atoms with Gasteiger partial charge in [-0.15, -0.1) is 0 Å². The number of rotatable bonds is 7. The zero-order valence-corrected chi connectivity index (χ0v) is 16.8. The van der Waals surface area contributed by atoms with Crippen molar-refractivity contribution in [2.45, 2.75) is 32.2 Å². The molecule has 1 saturated heterocycles. The topological polar surface area (TPSA) is 71.1 Å². The van der Waals surface area contributed by atoms with Gasteiger partial charge in [0.25, 0.3) is 0 Å². The quantitative estimate of drug-likeness (QED) is 0.793. The molecule has 0 aliphatic carbocycles. The summed E-state index contributed by atoms with van der Waals surface area (Å²) in [6, 6.07) is 5.60. The Morgan fingerprint density at radius 3 is 2.70 bits per heavy atom. The molecule has 7 nitrogen and oxygen atoms in total. The number of benzene rings is 1. The molecule has 1 N–H and O–H groups in total. The van der Waals surface area contributed by atoms with E-state index in [1.807, 2.05) is 17.0 Å². The number of hydrogen-bond donors (Lipinski definition) is 1. The Morgan fingerprint density at radius 2 is 2.04 bits per heavy atom. The lowest BCUT2D eigenvalue weighted by Gasteiger charge is -2.34. The second kappa shape index (κ2) is 10.0. The zero-order valence-electron chi connectivity index (χ0n) is 16.8. The maximum atomic E-state index is 12.2. The number of nitrogens with zero attached hydrogens (tertiary/aromatic N) is 2. The lowest BCUT2D eigenvalue weighted by molar-refractivity contribution is -0.121. The van der Waals surface area contributed by atoms with Crippen LogP contribution < -0.4 is 14.8 Å². The molecule has 0 radical (unpaired) electrons. The van der Waals surface area contributed by atoms with Crippen LogP contribution in [-0.2, 0) is 11.3 Å². The number of likely N-dealkylation sites (tertiary alicyclic amines) is 1. The lowest BCUT2D eigenvalue weighted by Crippen LogP contribution is -2.45. The molecule has 1 heterocycles. The molecule has 0 aromatic heterocycles. The number of carbonyl (C=O) groups is 2. The van der Waals surface area contributed by atoms with E-state index in [2.05, 4.69) is 5.32 Å². The maximum Gasteiger partial charge on any atom is 0.319 e. The minimum absolute atomic E-state index is 0.0175. The molecule has 1 atom stereocenters. The zero-order chi connectivity index (χ0) is 19.8. The Labute approximate surface area is 161 Å². The molecule has 3 amide bonds. The minimum atomic E-state index is 0.0175.